The highest BCUT2D eigenvalue weighted by atomic mass is 31.2. The van der Waals surface area contributed by atoms with E-state index in [1.165, 1.54) is 96.3 Å². The number of quaternary nitrogens is 1. The third-order valence-electron chi connectivity index (χ3n) is 6.32. The Morgan fingerprint density at radius 2 is 1.12 bits per heavy atom. The first-order valence-electron chi connectivity index (χ1n) is 13.7. The lowest BCUT2D eigenvalue weighted by Crippen LogP contribution is -2.44. The fourth-order valence-electron chi connectivity index (χ4n) is 4.36. The van der Waals surface area contributed by atoms with E-state index in [1.54, 1.807) is 0 Å². The first kappa shape index (κ1) is 31.9. The molecule has 0 bridgehead atoms. The second kappa shape index (κ2) is 20.2. The molecule has 2 unspecified atom stereocenters. The zero-order chi connectivity index (χ0) is 24.1. The molecule has 0 aromatic rings. The molecule has 5 heteroatoms. The number of unbranched alkanes of at least 4 members (excludes halogenated alkanes) is 15. The van der Waals surface area contributed by atoms with Crippen molar-refractivity contribution >= 4 is 7.60 Å². The third kappa shape index (κ3) is 18.3. The van der Waals surface area contributed by atoms with Gasteiger partial charge in [-0.3, -0.25) is 4.57 Å². The molecule has 0 spiro atoms. The predicted molar refractivity (Wildman–Crippen MR) is 141 cm³/mol. The van der Waals surface area contributed by atoms with Crippen molar-refractivity contribution in [1.82, 2.24) is 0 Å². The van der Waals surface area contributed by atoms with Gasteiger partial charge in [0.2, 0.25) is 0 Å². The zero-order valence-corrected chi connectivity index (χ0v) is 23.2. The molecular formula is C27H57NO3P+. The minimum atomic E-state index is -3.55. The van der Waals surface area contributed by atoms with E-state index in [0.717, 1.165) is 12.8 Å². The zero-order valence-electron chi connectivity index (χ0n) is 22.3. The van der Waals surface area contributed by atoms with Crippen LogP contribution in [0.1, 0.15) is 129 Å². The van der Waals surface area contributed by atoms with E-state index in [-0.39, 0.29) is 5.78 Å². The van der Waals surface area contributed by atoms with Crippen molar-refractivity contribution in [3.63, 3.8) is 0 Å². The van der Waals surface area contributed by atoms with Crippen molar-refractivity contribution in [2.45, 2.75) is 135 Å². The van der Waals surface area contributed by atoms with Gasteiger partial charge in [-0.15, -0.1) is 0 Å². The summed E-state index contributed by atoms with van der Waals surface area (Å²) in [6, 6.07) is 0. The van der Waals surface area contributed by atoms with E-state index in [2.05, 4.69) is 19.1 Å². The molecule has 0 aliphatic carbocycles. The lowest BCUT2D eigenvalue weighted by molar-refractivity contribution is -0.883. The summed E-state index contributed by atoms with van der Waals surface area (Å²) in [5, 5.41) is 0. The van der Waals surface area contributed by atoms with Crippen LogP contribution in [0.3, 0.4) is 0 Å². The summed E-state index contributed by atoms with van der Waals surface area (Å²) in [4.78, 5) is 10.3. The maximum Gasteiger partial charge on any atom is 0.385 e. The van der Waals surface area contributed by atoms with Gasteiger partial charge in [-0.1, -0.05) is 109 Å². The lowest BCUT2D eigenvalue weighted by atomic mass is 10.0. The van der Waals surface area contributed by atoms with E-state index >= 15 is 0 Å². The molecule has 0 aliphatic heterocycles. The topological polar surface area (TPSA) is 46.5 Å². The van der Waals surface area contributed by atoms with E-state index < -0.39 is 7.60 Å². The van der Waals surface area contributed by atoms with Crippen molar-refractivity contribution in [2.24, 2.45) is 0 Å². The van der Waals surface area contributed by atoms with Gasteiger partial charge in [0.05, 0.1) is 27.7 Å². The third-order valence-corrected chi connectivity index (χ3v) is 8.68. The Kier molecular flexibility index (Phi) is 20.1. The summed E-state index contributed by atoms with van der Waals surface area (Å²) in [7, 11) is 2.31. The normalized spacial score (nSPS) is 15.3. The van der Waals surface area contributed by atoms with Gasteiger partial charge < -0.3 is 13.9 Å². The van der Waals surface area contributed by atoms with Gasteiger partial charge in [0.15, 0.2) is 5.78 Å². The fraction of sp³-hybridized carbons (Fsp3) is 0.926. The average Bonchev–Trinajstić information content (AvgIpc) is 2.71. The van der Waals surface area contributed by atoms with Crippen molar-refractivity contribution in [1.29, 1.82) is 0 Å². The van der Waals surface area contributed by atoms with Crippen LogP contribution in [0, 0.1) is 0 Å². The molecule has 32 heavy (non-hydrogen) atoms. The lowest BCUT2D eigenvalue weighted by Gasteiger charge is -2.35. The Hall–Kier alpha value is -0.150. The maximum absolute atomic E-state index is 12.5. The Morgan fingerprint density at radius 1 is 0.719 bits per heavy atom. The Balaban J connectivity index is 3.41. The highest BCUT2D eigenvalue weighted by molar-refractivity contribution is 7.53. The van der Waals surface area contributed by atoms with Gasteiger partial charge in [-0.05, 0) is 25.7 Å². The quantitative estimate of drug-likeness (QED) is 0.0696. The van der Waals surface area contributed by atoms with E-state index in [9.17, 15) is 9.46 Å². The summed E-state index contributed by atoms with van der Waals surface area (Å²) in [6.45, 7) is 4.61. The molecule has 0 radical (unpaired) electrons. The maximum atomic E-state index is 12.5. The minimum absolute atomic E-state index is 0.347. The van der Waals surface area contributed by atoms with Crippen LogP contribution in [0.25, 0.3) is 0 Å². The van der Waals surface area contributed by atoms with Crippen LogP contribution in [0.2, 0.25) is 0 Å². The molecule has 0 aromatic carbocycles. The van der Waals surface area contributed by atoms with Gasteiger partial charge in [-0.25, -0.2) is 0 Å². The Bertz CT molecular complexity index is 488. The fourth-order valence-corrected chi connectivity index (χ4v) is 6.26. The number of hydrogen-bond acceptors (Lipinski definition) is 2. The Morgan fingerprint density at radius 3 is 1.53 bits per heavy atom. The molecule has 1 N–H and O–H groups in total. The molecular weight excluding hydrogens is 417 g/mol. The summed E-state index contributed by atoms with van der Waals surface area (Å²) in [5.74, 6) is -0.347. The smallest absolute Gasteiger partial charge is 0.320 e. The van der Waals surface area contributed by atoms with E-state index in [4.69, 9.17) is 4.52 Å². The second-order valence-corrected chi connectivity index (χ2v) is 12.4. The van der Waals surface area contributed by atoms with Crippen LogP contribution in [0.4, 0.5) is 0 Å². The first-order valence-corrected chi connectivity index (χ1v) is 15.3. The summed E-state index contributed by atoms with van der Waals surface area (Å²) in [6.07, 6.45) is 27.4. The molecule has 0 amide bonds. The molecule has 0 heterocycles. The average molecular weight is 475 g/mol. The minimum Gasteiger partial charge on any atom is -0.320 e. The summed E-state index contributed by atoms with van der Waals surface area (Å²) < 4.78 is 18.4. The van der Waals surface area contributed by atoms with Gasteiger partial charge >= 0.3 is 7.60 Å². The summed E-state index contributed by atoms with van der Waals surface area (Å²) in [5.41, 5.74) is 0. The van der Waals surface area contributed by atoms with Crippen molar-refractivity contribution < 1.29 is 18.5 Å². The van der Waals surface area contributed by atoms with Crippen LogP contribution in [0.15, 0.2) is 12.2 Å². The van der Waals surface area contributed by atoms with E-state index in [0.29, 0.717) is 17.5 Å². The molecule has 0 rings (SSSR count). The van der Waals surface area contributed by atoms with Crippen molar-refractivity contribution in [3.8, 4) is 0 Å². The van der Waals surface area contributed by atoms with Crippen LogP contribution in [0.5, 0.6) is 0 Å². The standard InChI is InChI=1S/C27H56NO3P/c1-6-8-9-10-11-12-13-14-15-16-17-18-19-20-21-22-23-24-25-26-31-32(29,30)27(7-2)28(3,4)5/h10-11,27H,6-9,12-26H2,1-5H3/p+1. The largest absolute Gasteiger partial charge is 0.385 e. The SMILES string of the molecule is CCCCC=CCCCCCCCCCCCCCCCOP(=O)(O)C(CC)[N+](C)(C)C. The van der Waals surface area contributed by atoms with Gasteiger partial charge in [0.1, 0.15) is 0 Å². The van der Waals surface area contributed by atoms with Gasteiger partial charge in [0, 0.05) is 6.42 Å². The second-order valence-electron chi connectivity index (χ2n) is 10.4. The summed E-state index contributed by atoms with van der Waals surface area (Å²) >= 11 is 0. The van der Waals surface area contributed by atoms with Crippen LogP contribution in [-0.4, -0.2) is 42.9 Å². The molecule has 0 aromatic heterocycles. The molecule has 4 nitrogen and oxygen atoms in total. The van der Waals surface area contributed by atoms with Crippen molar-refractivity contribution in [3.05, 3.63) is 12.2 Å². The number of nitrogens with zero attached hydrogens (tertiary/aromatic N) is 1. The molecule has 2 atom stereocenters. The van der Waals surface area contributed by atoms with Crippen LogP contribution in [-0.2, 0) is 9.09 Å². The number of allylic oxidation sites excluding steroid dienone is 2. The molecule has 0 saturated carbocycles. The molecule has 0 saturated heterocycles. The Labute approximate surface area is 201 Å². The van der Waals surface area contributed by atoms with E-state index in [1.807, 2.05) is 28.1 Å². The molecule has 192 valence electrons. The van der Waals surface area contributed by atoms with Crippen molar-refractivity contribution in [2.75, 3.05) is 27.7 Å². The highest BCUT2D eigenvalue weighted by Gasteiger charge is 2.41. The monoisotopic (exact) mass is 474 g/mol. The predicted octanol–water partition coefficient (Wildman–Crippen LogP) is 8.84. The van der Waals surface area contributed by atoms with Crippen LogP contribution >= 0.6 is 7.60 Å². The van der Waals surface area contributed by atoms with Gasteiger partial charge in [-0.2, -0.15) is 0 Å². The molecule has 0 aliphatic rings. The van der Waals surface area contributed by atoms with Crippen LogP contribution < -0.4 is 0 Å². The highest BCUT2D eigenvalue weighted by Crippen LogP contribution is 2.51. The molecule has 0 fully saturated rings. The number of hydrogen-bond donors (Lipinski definition) is 1. The van der Waals surface area contributed by atoms with Gasteiger partial charge in [0.25, 0.3) is 0 Å². The first-order chi connectivity index (χ1) is 15.3. The number of rotatable bonds is 23.